The minimum Gasteiger partial charge on any atom is -0.476 e. The number of ether oxygens (including phenoxy) is 1. The second-order valence-corrected chi connectivity index (χ2v) is 3.26. The first-order chi connectivity index (χ1) is 7.31. The summed E-state index contributed by atoms with van der Waals surface area (Å²) in [5.41, 5.74) is 0.849. The third-order valence-corrected chi connectivity index (χ3v) is 2.13. The highest BCUT2D eigenvalue weighted by Gasteiger charge is 2.04. The van der Waals surface area contributed by atoms with E-state index in [4.69, 9.17) is 11.2 Å². The molecule has 0 radical (unpaired) electrons. The molecule has 0 amide bonds. The van der Waals surface area contributed by atoms with Crippen molar-refractivity contribution in [3.8, 4) is 18.1 Å². The molecule has 2 aromatic rings. The smallest absolute Gasteiger partial charge is 0.156 e. The average Bonchev–Trinajstić information content (AvgIpc) is 2.29. The van der Waals surface area contributed by atoms with Gasteiger partial charge in [-0.1, -0.05) is 24.1 Å². The zero-order valence-electron chi connectivity index (χ0n) is 8.47. The predicted molar refractivity (Wildman–Crippen MR) is 60.7 cm³/mol. The van der Waals surface area contributed by atoms with Crippen LogP contribution in [0.25, 0.3) is 10.9 Å². The Morgan fingerprint density at radius 2 is 2.13 bits per heavy atom. The fourth-order valence-corrected chi connectivity index (χ4v) is 1.40. The van der Waals surface area contributed by atoms with E-state index in [0.717, 1.165) is 16.7 Å². The molecule has 1 heterocycles. The van der Waals surface area contributed by atoms with Gasteiger partial charge in [-0.3, -0.25) is 4.98 Å². The van der Waals surface area contributed by atoms with Gasteiger partial charge in [0.1, 0.15) is 11.3 Å². The molecule has 2 heteroatoms. The molecule has 15 heavy (non-hydrogen) atoms. The Hall–Kier alpha value is -2.01. The topological polar surface area (TPSA) is 22.1 Å². The highest BCUT2D eigenvalue weighted by atomic mass is 16.5. The standard InChI is InChI=1S/C13H11NO/c1-3-10(2)15-12-8-4-6-11-7-5-9-14-13(11)12/h1,4-10H,2H3/t10-/m0/s1. The summed E-state index contributed by atoms with van der Waals surface area (Å²) in [6.07, 6.45) is 6.78. The van der Waals surface area contributed by atoms with Crippen molar-refractivity contribution in [1.82, 2.24) is 4.98 Å². The van der Waals surface area contributed by atoms with Crippen molar-refractivity contribution in [2.24, 2.45) is 0 Å². The molecule has 0 N–H and O–H groups in total. The predicted octanol–water partition coefficient (Wildman–Crippen LogP) is 2.64. The summed E-state index contributed by atoms with van der Waals surface area (Å²) in [7, 11) is 0. The van der Waals surface area contributed by atoms with Gasteiger partial charge in [-0.15, -0.1) is 6.42 Å². The van der Waals surface area contributed by atoms with Crippen LogP contribution in [0, 0.1) is 12.3 Å². The molecule has 1 aromatic heterocycles. The maximum Gasteiger partial charge on any atom is 0.156 e. The van der Waals surface area contributed by atoms with Gasteiger partial charge in [0.2, 0.25) is 0 Å². The maximum absolute atomic E-state index is 5.58. The van der Waals surface area contributed by atoms with E-state index in [0.29, 0.717) is 0 Å². The zero-order valence-corrected chi connectivity index (χ0v) is 8.47. The van der Waals surface area contributed by atoms with E-state index in [9.17, 15) is 0 Å². The van der Waals surface area contributed by atoms with Crippen LogP contribution in [0.4, 0.5) is 0 Å². The van der Waals surface area contributed by atoms with Crippen LogP contribution < -0.4 is 4.74 Å². The number of benzene rings is 1. The van der Waals surface area contributed by atoms with E-state index in [1.54, 1.807) is 6.20 Å². The third kappa shape index (κ3) is 1.92. The summed E-state index contributed by atoms with van der Waals surface area (Å²) in [6, 6.07) is 9.70. The van der Waals surface area contributed by atoms with E-state index >= 15 is 0 Å². The SMILES string of the molecule is C#C[C@H](C)Oc1cccc2cccnc12. The third-order valence-electron chi connectivity index (χ3n) is 2.13. The molecule has 0 spiro atoms. The van der Waals surface area contributed by atoms with E-state index < -0.39 is 0 Å². The van der Waals surface area contributed by atoms with Crippen LogP contribution in [-0.2, 0) is 0 Å². The van der Waals surface area contributed by atoms with Gasteiger partial charge in [-0.05, 0) is 19.1 Å². The number of aromatic nitrogens is 1. The van der Waals surface area contributed by atoms with Gasteiger partial charge >= 0.3 is 0 Å². The van der Waals surface area contributed by atoms with E-state index in [2.05, 4.69) is 10.9 Å². The number of nitrogens with zero attached hydrogens (tertiary/aromatic N) is 1. The highest BCUT2D eigenvalue weighted by Crippen LogP contribution is 2.23. The fraction of sp³-hybridized carbons (Fsp3) is 0.154. The number of para-hydroxylation sites is 1. The molecule has 1 atom stereocenters. The maximum atomic E-state index is 5.58. The minimum atomic E-state index is -0.238. The summed E-state index contributed by atoms with van der Waals surface area (Å²) in [5, 5.41) is 1.05. The molecule has 2 nitrogen and oxygen atoms in total. The Morgan fingerprint density at radius 1 is 1.33 bits per heavy atom. The number of rotatable bonds is 2. The second-order valence-electron chi connectivity index (χ2n) is 3.26. The van der Waals surface area contributed by atoms with Crippen molar-refractivity contribution in [3.63, 3.8) is 0 Å². The lowest BCUT2D eigenvalue weighted by atomic mass is 10.2. The van der Waals surface area contributed by atoms with Crippen molar-refractivity contribution in [3.05, 3.63) is 36.5 Å². The van der Waals surface area contributed by atoms with Gasteiger partial charge in [-0.2, -0.15) is 0 Å². The molecule has 0 fully saturated rings. The van der Waals surface area contributed by atoms with Crippen molar-refractivity contribution in [2.45, 2.75) is 13.0 Å². The molecule has 0 aliphatic carbocycles. The number of hydrogen-bond acceptors (Lipinski definition) is 2. The summed E-state index contributed by atoms with van der Waals surface area (Å²) in [6.45, 7) is 1.84. The van der Waals surface area contributed by atoms with Crippen LogP contribution in [0.5, 0.6) is 5.75 Å². The van der Waals surface area contributed by atoms with Gasteiger partial charge in [0.25, 0.3) is 0 Å². The summed E-state index contributed by atoms with van der Waals surface area (Å²) < 4.78 is 5.58. The molecular weight excluding hydrogens is 186 g/mol. The van der Waals surface area contributed by atoms with Gasteiger partial charge in [-0.25, -0.2) is 0 Å². The van der Waals surface area contributed by atoms with Gasteiger partial charge in [0.05, 0.1) is 0 Å². The average molecular weight is 197 g/mol. The lowest BCUT2D eigenvalue weighted by molar-refractivity contribution is 0.282. The van der Waals surface area contributed by atoms with Crippen molar-refractivity contribution in [1.29, 1.82) is 0 Å². The molecule has 0 saturated carbocycles. The molecule has 2 rings (SSSR count). The Labute approximate surface area is 88.9 Å². The van der Waals surface area contributed by atoms with E-state index in [1.165, 1.54) is 0 Å². The van der Waals surface area contributed by atoms with Crippen molar-refractivity contribution in [2.75, 3.05) is 0 Å². The highest BCUT2D eigenvalue weighted by molar-refractivity contribution is 5.84. The van der Waals surface area contributed by atoms with Crippen molar-refractivity contribution >= 4 is 10.9 Å². The summed E-state index contributed by atoms with van der Waals surface area (Å²) in [4.78, 5) is 4.27. The normalized spacial score (nSPS) is 12.0. The van der Waals surface area contributed by atoms with E-state index in [1.807, 2.05) is 37.3 Å². The number of fused-ring (bicyclic) bond motifs is 1. The fourth-order valence-electron chi connectivity index (χ4n) is 1.40. The van der Waals surface area contributed by atoms with Gasteiger partial charge in [0.15, 0.2) is 6.10 Å². The molecule has 0 bridgehead atoms. The molecular formula is C13H11NO. The van der Waals surface area contributed by atoms with Crippen molar-refractivity contribution < 1.29 is 4.74 Å². The Balaban J connectivity index is 2.48. The van der Waals surface area contributed by atoms with Crippen LogP contribution in [0.15, 0.2) is 36.5 Å². The molecule has 1 aromatic carbocycles. The van der Waals surface area contributed by atoms with Crippen LogP contribution in [0.3, 0.4) is 0 Å². The molecule has 0 unspecified atom stereocenters. The Bertz CT molecular complexity index is 508. The number of hydrogen-bond donors (Lipinski definition) is 0. The lowest BCUT2D eigenvalue weighted by Crippen LogP contribution is -2.08. The molecule has 0 aliphatic rings. The summed E-state index contributed by atoms with van der Waals surface area (Å²) >= 11 is 0. The number of terminal acetylenes is 1. The number of pyridine rings is 1. The van der Waals surface area contributed by atoms with Crippen LogP contribution in [0.1, 0.15) is 6.92 Å². The molecule has 0 aliphatic heterocycles. The van der Waals surface area contributed by atoms with E-state index in [-0.39, 0.29) is 6.10 Å². The quantitative estimate of drug-likeness (QED) is 0.690. The lowest BCUT2D eigenvalue weighted by Gasteiger charge is -2.10. The first kappa shape index (κ1) is 9.54. The van der Waals surface area contributed by atoms with Crippen LogP contribution in [0.2, 0.25) is 0 Å². The largest absolute Gasteiger partial charge is 0.476 e. The van der Waals surface area contributed by atoms with Crippen LogP contribution in [-0.4, -0.2) is 11.1 Å². The Morgan fingerprint density at radius 3 is 2.93 bits per heavy atom. The zero-order chi connectivity index (χ0) is 10.7. The second kappa shape index (κ2) is 4.02. The van der Waals surface area contributed by atoms with Gasteiger partial charge < -0.3 is 4.74 Å². The summed E-state index contributed by atoms with van der Waals surface area (Å²) in [5.74, 6) is 3.26. The Kier molecular flexibility index (Phi) is 2.55. The monoisotopic (exact) mass is 197 g/mol. The molecule has 74 valence electrons. The van der Waals surface area contributed by atoms with Crippen LogP contribution >= 0.6 is 0 Å². The van der Waals surface area contributed by atoms with Gasteiger partial charge in [0, 0.05) is 11.6 Å². The first-order valence-electron chi connectivity index (χ1n) is 4.78. The minimum absolute atomic E-state index is 0.238. The first-order valence-corrected chi connectivity index (χ1v) is 4.78. The molecule has 0 saturated heterocycles.